The van der Waals surface area contributed by atoms with E-state index in [0.717, 1.165) is 28.4 Å². The minimum absolute atomic E-state index is 0.0185. The largest absolute Gasteiger partial charge is 0.497 e. The minimum atomic E-state index is -0.535. The number of ether oxygens (including phenoxy) is 1. The maximum atomic E-state index is 13.8. The molecule has 0 saturated heterocycles. The molecule has 0 amide bonds. The standard InChI is InChI=1S/C30H32N2O5/c1-29(2)14-22-27(24(33)16-29)26(18-6-8-20(9-7-18)32(35)36)28-23(15-30(3,4)17-25(28)34)31(22)19-10-12-21(37-5)13-11-19/h6-13,26H,14-17H2,1-5H3. The van der Waals surface area contributed by atoms with Gasteiger partial charge in [-0.3, -0.25) is 19.7 Å². The summed E-state index contributed by atoms with van der Waals surface area (Å²) in [6.45, 7) is 8.40. The highest BCUT2D eigenvalue weighted by Gasteiger charge is 2.49. The lowest BCUT2D eigenvalue weighted by molar-refractivity contribution is -0.384. The van der Waals surface area contributed by atoms with Crippen LogP contribution in [-0.2, 0) is 9.59 Å². The third kappa shape index (κ3) is 4.37. The highest BCUT2D eigenvalue weighted by molar-refractivity contribution is 6.08. The van der Waals surface area contributed by atoms with E-state index in [1.165, 1.54) is 12.1 Å². The summed E-state index contributed by atoms with van der Waals surface area (Å²) in [6, 6.07) is 14.0. The molecule has 7 nitrogen and oxygen atoms in total. The van der Waals surface area contributed by atoms with E-state index in [4.69, 9.17) is 4.74 Å². The van der Waals surface area contributed by atoms with E-state index in [0.29, 0.717) is 36.8 Å². The van der Waals surface area contributed by atoms with Gasteiger partial charge in [-0.1, -0.05) is 39.8 Å². The van der Waals surface area contributed by atoms with Crippen LogP contribution in [0.25, 0.3) is 0 Å². The number of anilines is 1. The molecule has 7 heteroatoms. The van der Waals surface area contributed by atoms with Crippen LogP contribution >= 0.6 is 0 Å². The van der Waals surface area contributed by atoms with Crippen molar-refractivity contribution in [3.8, 4) is 5.75 Å². The predicted molar refractivity (Wildman–Crippen MR) is 141 cm³/mol. The Hall–Kier alpha value is -3.74. The quantitative estimate of drug-likeness (QED) is 0.352. The number of nitrogens with zero attached hydrogens (tertiary/aromatic N) is 2. The van der Waals surface area contributed by atoms with Crippen LogP contribution < -0.4 is 9.64 Å². The summed E-state index contributed by atoms with van der Waals surface area (Å²) in [6.07, 6.45) is 2.12. The van der Waals surface area contributed by atoms with E-state index >= 15 is 0 Å². The van der Waals surface area contributed by atoms with E-state index in [9.17, 15) is 19.7 Å². The zero-order valence-electron chi connectivity index (χ0n) is 22.0. The van der Waals surface area contributed by atoms with Crippen molar-refractivity contribution in [2.45, 2.75) is 59.3 Å². The molecule has 1 aliphatic heterocycles. The van der Waals surface area contributed by atoms with Crippen LogP contribution in [0.15, 0.2) is 71.1 Å². The predicted octanol–water partition coefficient (Wildman–Crippen LogP) is 6.49. The van der Waals surface area contributed by atoms with Crippen LogP contribution in [0.1, 0.15) is 64.9 Å². The number of non-ortho nitro benzene ring substituents is 1. The van der Waals surface area contributed by atoms with Gasteiger partial charge in [-0.15, -0.1) is 0 Å². The third-order valence-corrected chi connectivity index (χ3v) is 7.68. The number of rotatable bonds is 4. The van der Waals surface area contributed by atoms with Gasteiger partial charge < -0.3 is 9.64 Å². The highest BCUT2D eigenvalue weighted by atomic mass is 16.6. The van der Waals surface area contributed by atoms with Crippen molar-refractivity contribution in [3.05, 3.63) is 86.7 Å². The second-order valence-electron chi connectivity index (χ2n) is 11.9. The minimum Gasteiger partial charge on any atom is -0.497 e. The average Bonchev–Trinajstić information content (AvgIpc) is 2.81. The fourth-order valence-electron chi connectivity index (χ4n) is 6.13. The molecule has 0 fully saturated rings. The van der Waals surface area contributed by atoms with E-state index in [1.54, 1.807) is 19.2 Å². The maximum Gasteiger partial charge on any atom is 0.269 e. The monoisotopic (exact) mass is 500 g/mol. The fraction of sp³-hybridized carbons (Fsp3) is 0.400. The molecule has 37 heavy (non-hydrogen) atoms. The number of carbonyl (C=O) groups excluding carboxylic acids is 2. The first-order chi connectivity index (χ1) is 17.4. The van der Waals surface area contributed by atoms with Crippen LogP contribution in [0, 0.1) is 20.9 Å². The Morgan fingerprint density at radius 3 is 1.73 bits per heavy atom. The Labute approximate surface area is 217 Å². The van der Waals surface area contributed by atoms with Gasteiger partial charge in [0, 0.05) is 59.1 Å². The third-order valence-electron chi connectivity index (χ3n) is 7.68. The van der Waals surface area contributed by atoms with Crippen LogP contribution in [-0.4, -0.2) is 23.6 Å². The Morgan fingerprint density at radius 1 is 0.811 bits per heavy atom. The molecule has 0 aromatic heterocycles. The summed E-state index contributed by atoms with van der Waals surface area (Å²) in [7, 11) is 1.62. The number of allylic oxidation sites excluding steroid dienone is 4. The van der Waals surface area contributed by atoms with Crippen LogP contribution in [0.3, 0.4) is 0 Å². The molecule has 2 aromatic carbocycles. The number of hydrogen-bond acceptors (Lipinski definition) is 6. The SMILES string of the molecule is COc1ccc(N2C3=C(C(=O)CC(C)(C)C3)C(c3ccc([N+](=O)[O-])cc3)C3=C2CC(C)(C)CC3=O)cc1. The molecular weight excluding hydrogens is 468 g/mol. The van der Waals surface area contributed by atoms with Crippen molar-refractivity contribution in [3.63, 3.8) is 0 Å². The number of Topliss-reactive ketones (excluding diaryl/α,β-unsaturated/α-hetero) is 2. The summed E-state index contributed by atoms with van der Waals surface area (Å²) < 4.78 is 5.37. The summed E-state index contributed by atoms with van der Waals surface area (Å²) in [5.41, 5.74) is 4.22. The van der Waals surface area contributed by atoms with Gasteiger partial charge in [0.1, 0.15) is 5.75 Å². The van der Waals surface area contributed by atoms with Gasteiger partial charge in [0.2, 0.25) is 0 Å². The smallest absolute Gasteiger partial charge is 0.269 e. The van der Waals surface area contributed by atoms with Gasteiger partial charge in [0.15, 0.2) is 11.6 Å². The lowest BCUT2D eigenvalue weighted by atomic mass is 9.63. The Bertz CT molecular complexity index is 1310. The maximum absolute atomic E-state index is 13.8. The van der Waals surface area contributed by atoms with Crippen molar-refractivity contribution in [2.75, 3.05) is 12.0 Å². The Balaban J connectivity index is 1.79. The lowest BCUT2D eigenvalue weighted by Gasteiger charge is -2.49. The molecule has 5 rings (SSSR count). The molecule has 192 valence electrons. The molecule has 1 heterocycles. The van der Waals surface area contributed by atoms with Crippen molar-refractivity contribution < 1.29 is 19.2 Å². The van der Waals surface area contributed by atoms with Crippen LogP contribution in [0.4, 0.5) is 11.4 Å². The molecule has 2 aromatic rings. The number of carbonyl (C=O) groups is 2. The zero-order chi connectivity index (χ0) is 26.7. The van der Waals surface area contributed by atoms with Gasteiger partial charge in [0.25, 0.3) is 5.69 Å². The van der Waals surface area contributed by atoms with Crippen molar-refractivity contribution in [1.82, 2.24) is 0 Å². The molecule has 0 radical (unpaired) electrons. The summed E-state index contributed by atoms with van der Waals surface area (Å²) in [4.78, 5) is 40.7. The number of methoxy groups -OCH3 is 1. The normalized spacial score (nSPS) is 21.1. The summed E-state index contributed by atoms with van der Waals surface area (Å²) >= 11 is 0. The number of hydrogen-bond donors (Lipinski definition) is 0. The molecule has 3 aliphatic rings. The Morgan fingerprint density at radius 2 is 1.30 bits per heavy atom. The van der Waals surface area contributed by atoms with Crippen molar-refractivity contribution in [2.24, 2.45) is 10.8 Å². The van der Waals surface area contributed by atoms with Crippen LogP contribution in [0.5, 0.6) is 5.75 Å². The molecular formula is C30H32N2O5. The molecule has 2 aliphatic carbocycles. The van der Waals surface area contributed by atoms with Crippen LogP contribution in [0.2, 0.25) is 0 Å². The summed E-state index contributed by atoms with van der Waals surface area (Å²) in [5, 5.41) is 11.3. The fourth-order valence-corrected chi connectivity index (χ4v) is 6.13. The molecule has 0 saturated carbocycles. The second-order valence-corrected chi connectivity index (χ2v) is 11.9. The molecule has 0 spiro atoms. The average molecular weight is 501 g/mol. The number of ketones is 2. The summed E-state index contributed by atoms with van der Waals surface area (Å²) in [5.74, 6) is 0.245. The van der Waals surface area contributed by atoms with Gasteiger partial charge in [-0.25, -0.2) is 0 Å². The first kappa shape index (κ1) is 24.9. The van der Waals surface area contributed by atoms with E-state index < -0.39 is 10.8 Å². The first-order valence-corrected chi connectivity index (χ1v) is 12.6. The number of nitro benzene ring substituents is 1. The number of benzene rings is 2. The van der Waals surface area contributed by atoms with Gasteiger partial charge in [-0.2, -0.15) is 0 Å². The van der Waals surface area contributed by atoms with Gasteiger partial charge in [0.05, 0.1) is 12.0 Å². The van der Waals surface area contributed by atoms with Gasteiger partial charge in [-0.05, 0) is 53.5 Å². The first-order valence-electron chi connectivity index (χ1n) is 12.6. The van der Waals surface area contributed by atoms with E-state index in [2.05, 4.69) is 32.6 Å². The second kappa shape index (κ2) is 8.68. The number of nitro groups is 1. The Kier molecular flexibility index (Phi) is 5.85. The van der Waals surface area contributed by atoms with E-state index in [1.807, 2.05) is 24.3 Å². The van der Waals surface area contributed by atoms with Gasteiger partial charge >= 0.3 is 0 Å². The molecule has 0 N–H and O–H groups in total. The molecule has 0 unspecified atom stereocenters. The molecule has 0 bridgehead atoms. The molecule has 0 atom stereocenters. The lowest BCUT2D eigenvalue weighted by Crippen LogP contribution is -2.44. The zero-order valence-corrected chi connectivity index (χ0v) is 22.0. The van der Waals surface area contributed by atoms with Crippen molar-refractivity contribution in [1.29, 1.82) is 0 Å². The topological polar surface area (TPSA) is 89.8 Å². The van der Waals surface area contributed by atoms with E-state index in [-0.39, 0.29) is 28.1 Å². The van der Waals surface area contributed by atoms with Crippen molar-refractivity contribution >= 4 is 22.9 Å². The highest BCUT2D eigenvalue weighted by Crippen LogP contribution is 2.55.